The predicted molar refractivity (Wildman–Crippen MR) is 115 cm³/mol. The van der Waals surface area contributed by atoms with Gasteiger partial charge in [-0.2, -0.15) is 13.2 Å². The minimum absolute atomic E-state index is 0.553. The Hall–Kier alpha value is -1.69. The Morgan fingerprint density at radius 1 is 1.14 bits per heavy atom. The summed E-state index contributed by atoms with van der Waals surface area (Å²) < 4.78 is 43.0. The molecule has 0 aliphatic rings. The zero-order valence-electron chi connectivity index (χ0n) is 16.2. The fourth-order valence-electron chi connectivity index (χ4n) is 3.09. The van der Waals surface area contributed by atoms with Gasteiger partial charge in [-0.05, 0) is 79.9 Å². The maximum atomic E-state index is 13.3. The SMILES string of the molecule is CNCc1c[nH]c2c(NSc3cc(P(C)C)cc(C(F)(F)F)c3)ccc(C)c12. The molecule has 1 aromatic heterocycles. The van der Waals surface area contributed by atoms with Crippen LogP contribution in [0.25, 0.3) is 10.9 Å². The molecule has 1 heterocycles. The minimum Gasteiger partial charge on any atom is -0.359 e. The van der Waals surface area contributed by atoms with Crippen molar-refractivity contribution in [1.82, 2.24) is 10.3 Å². The molecule has 0 saturated carbocycles. The first kappa shape index (κ1) is 21.0. The van der Waals surface area contributed by atoms with Gasteiger partial charge in [0.05, 0.1) is 16.8 Å². The average Bonchev–Trinajstić information content (AvgIpc) is 3.05. The molecule has 0 fully saturated rings. The van der Waals surface area contributed by atoms with E-state index in [1.54, 1.807) is 0 Å². The summed E-state index contributed by atoms with van der Waals surface area (Å²) in [5.74, 6) is 0. The van der Waals surface area contributed by atoms with E-state index in [1.807, 2.05) is 44.8 Å². The maximum Gasteiger partial charge on any atom is 0.416 e. The van der Waals surface area contributed by atoms with Crippen LogP contribution < -0.4 is 15.3 Å². The minimum atomic E-state index is -4.35. The van der Waals surface area contributed by atoms with Crippen LogP contribution in [0.1, 0.15) is 16.7 Å². The normalized spacial score (nSPS) is 12.1. The van der Waals surface area contributed by atoms with Crippen LogP contribution >= 0.6 is 19.9 Å². The van der Waals surface area contributed by atoms with Crippen molar-refractivity contribution in [2.24, 2.45) is 0 Å². The summed E-state index contributed by atoms with van der Waals surface area (Å²) in [6, 6.07) is 8.27. The standard InChI is InChI=1S/C20H23F3N3PS/c1-12-5-6-17(19-18(12)13(10-24-2)11-25-19)26-28-16-8-14(20(21,22)23)7-15(9-16)27(3)4/h5-9,11,24-26H,10H2,1-4H3. The van der Waals surface area contributed by atoms with Gasteiger partial charge in [-0.1, -0.05) is 14.0 Å². The molecule has 8 heteroatoms. The van der Waals surface area contributed by atoms with Crippen LogP contribution in [0.2, 0.25) is 0 Å². The summed E-state index contributed by atoms with van der Waals surface area (Å²) in [6.45, 7) is 6.71. The molecular formula is C20H23F3N3PS. The molecule has 0 amide bonds. The second kappa shape index (κ2) is 8.36. The van der Waals surface area contributed by atoms with Crippen LogP contribution in [-0.4, -0.2) is 25.4 Å². The number of anilines is 1. The first-order valence-corrected chi connectivity index (χ1v) is 11.8. The van der Waals surface area contributed by atoms with E-state index in [0.29, 0.717) is 4.90 Å². The van der Waals surface area contributed by atoms with E-state index < -0.39 is 19.7 Å². The molecule has 0 spiro atoms. The Kier molecular flexibility index (Phi) is 6.28. The van der Waals surface area contributed by atoms with E-state index in [0.717, 1.165) is 39.6 Å². The highest BCUT2D eigenvalue weighted by molar-refractivity contribution is 8.00. The lowest BCUT2D eigenvalue weighted by molar-refractivity contribution is -0.137. The summed E-state index contributed by atoms with van der Waals surface area (Å²) in [5.41, 5.74) is 3.52. The van der Waals surface area contributed by atoms with Crippen LogP contribution in [0.4, 0.5) is 18.9 Å². The van der Waals surface area contributed by atoms with Crippen LogP contribution in [0.3, 0.4) is 0 Å². The molecule has 0 aliphatic carbocycles. The highest BCUT2D eigenvalue weighted by Gasteiger charge is 2.31. The van der Waals surface area contributed by atoms with E-state index in [1.165, 1.54) is 24.1 Å². The third-order valence-corrected chi connectivity index (χ3v) is 6.59. The first-order valence-electron chi connectivity index (χ1n) is 8.77. The van der Waals surface area contributed by atoms with Crippen molar-refractivity contribution in [2.45, 2.75) is 24.5 Å². The van der Waals surface area contributed by atoms with E-state index in [4.69, 9.17) is 0 Å². The van der Waals surface area contributed by atoms with Crippen molar-refractivity contribution in [1.29, 1.82) is 0 Å². The molecule has 2 aromatic carbocycles. The number of nitrogens with one attached hydrogen (secondary N) is 3. The number of alkyl halides is 3. The summed E-state index contributed by atoms with van der Waals surface area (Å²) in [4.78, 5) is 3.84. The molecular weight excluding hydrogens is 402 g/mol. The van der Waals surface area contributed by atoms with Gasteiger partial charge >= 0.3 is 6.18 Å². The van der Waals surface area contributed by atoms with Gasteiger partial charge in [0.2, 0.25) is 0 Å². The Morgan fingerprint density at radius 2 is 1.89 bits per heavy atom. The molecule has 0 saturated heterocycles. The average molecular weight is 425 g/mol. The lowest BCUT2D eigenvalue weighted by Gasteiger charge is -2.15. The van der Waals surface area contributed by atoms with Crippen molar-refractivity contribution in [3.8, 4) is 0 Å². The number of aromatic amines is 1. The van der Waals surface area contributed by atoms with Crippen molar-refractivity contribution >= 4 is 41.8 Å². The van der Waals surface area contributed by atoms with E-state index in [-0.39, 0.29) is 0 Å². The van der Waals surface area contributed by atoms with Gasteiger partial charge in [0.1, 0.15) is 0 Å². The van der Waals surface area contributed by atoms with Gasteiger partial charge < -0.3 is 15.0 Å². The zero-order chi connectivity index (χ0) is 20.5. The molecule has 28 heavy (non-hydrogen) atoms. The number of fused-ring (bicyclic) bond motifs is 1. The van der Waals surface area contributed by atoms with Gasteiger partial charge in [0.15, 0.2) is 0 Å². The summed E-state index contributed by atoms with van der Waals surface area (Å²) >= 11 is 1.20. The second-order valence-corrected chi connectivity index (χ2v) is 10.0. The van der Waals surface area contributed by atoms with Gasteiger partial charge in [-0.15, -0.1) is 0 Å². The fourth-order valence-corrected chi connectivity index (χ4v) is 4.75. The van der Waals surface area contributed by atoms with Crippen molar-refractivity contribution in [3.05, 3.63) is 53.2 Å². The predicted octanol–water partition coefficient (Wildman–Crippen LogP) is 5.70. The molecule has 0 radical (unpaired) electrons. The number of aryl methyl sites for hydroxylation is 1. The van der Waals surface area contributed by atoms with Gasteiger partial charge in [0.25, 0.3) is 0 Å². The molecule has 150 valence electrons. The smallest absolute Gasteiger partial charge is 0.359 e. The maximum absolute atomic E-state index is 13.3. The number of H-pyrrole nitrogens is 1. The lowest BCUT2D eigenvalue weighted by atomic mass is 10.1. The quantitative estimate of drug-likeness (QED) is 0.350. The number of aromatic nitrogens is 1. The lowest BCUT2D eigenvalue weighted by Crippen LogP contribution is -2.11. The first-order chi connectivity index (χ1) is 13.2. The highest BCUT2D eigenvalue weighted by atomic mass is 32.2. The molecule has 3 N–H and O–H groups in total. The van der Waals surface area contributed by atoms with Gasteiger partial charge in [-0.3, -0.25) is 0 Å². The number of hydrogen-bond donors (Lipinski definition) is 3. The van der Waals surface area contributed by atoms with Crippen LogP contribution in [0.15, 0.2) is 41.4 Å². The highest BCUT2D eigenvalue weighted by Crippen LogP contribution is 2.36. The Balaban J connectivity index is 1.92. The van der Waals surface area contributed by atoms with Gasteiger partial charge in [0, 0.05) is 23.0 Å². The zero-order valence-corrected chi connectivity index (χ0v) is 17.9. The molecule has 0 bridgehead atoms. The Morgan fingerprint density at radius 3 is 2.54 bits per heavy atom. The monoisotopic (exact) mass is 425 g/mol. The fraction of sp³-hybridized carbons (Fsp3) is 0.300. The van der Waals surface area contributed by atoms with E-state index >= 15 is 0 Å². The Labute approximate surface area is 168 Å². The number of benzene rings is 2. The number of halogens is 3. The van der Waals surface area contributed by atoms with Crippen LogP contribution in [-0.2, 0) is 12.7 Å². The van der Waals surface area contributed by atoms with Crippen LogP contribution in [0.5, 0.6) is 0 Å². The Bertz CT molecular complexity index is 983. The third-order valence-electron chi connectivity index (χ3n) is 4.51. The van der Waals surface area contributed by atoms with E-state index in [2.05, 4.69) is 21.9 Å². The summed E-state index contributed by atoms with van der Waals surface area (Å²) in [7, 11) is 1.27. The van der Waals surface area contributed by atoms with E-state index in [9.17, 15) is 13.2 Å². The number of rotatable bonds is 6. The van der Waals surface area contributed by atoms with Crippen LogP contribution in [0, 0.1) is 6.92 Å². The van der Waals surface area contributed by atoms with Gasteiger partial charge in [-0.25, -0.2) is 0 Å². The molecule has 3 nitrogen and oxygen atoms in total. The largest absolute Gasteiger partial charge is 0.416 e. The van der Waals surface area contributed by atoms with Crippen molar-refractivity contribution in [3.63, 3.8) is 0 Å². The molecule has 0 atom stereocenters. The molecule has 3 aromatic rings. The summed E-state index contributed by atoms with van der Waals surface area (Å²) in [6.07, 6.45) is -2.39. The third kappa shape index (κ3) is 4.48. The second-order valence-electron chi connectivity index (χ2n) is 6.84. The molecule has 3 rings (SSSR count). The van der Waals surface area contributed by atoms with Crippen molar-refractivity contribution < 1.29 is 13.2 Å². The van der Waals surface area contributed by atoms with Crippen molar-refractivity contribution in [2.75, 3.05) is 25.1 Å². The number of hydrogen-bond acceptors (Lipinski definition) is 3. The summed E-state index contributed by atoms with van der Waals surface area (Å²) in [5, 5.41) is 5.02. The molecule has 0 unspecified atom stereocenters. The topological polar surface area (TPSA) is 39.9 Å². The molecule has 0 aliphatic heterocycles.